The maximum Gasteiger partial charge on any atom is 0.328 e. The van der Waals surface area contributed by atoms with E-state index in [0.29, 0.717) is 44.0 Å². The quantitative estimate of drug-likeness (QED) is 0.660. The Morgan fingerprint density at radius 1 is 1.20 bits per heavy atom. The molecule has 0 radical (unpaired) electrons. The zero-order valence-electron chi connectivity index (χ0n) is 16.9. The molecule has 1 saturated heterocycles. The Hall–Kier alpha value is -3.14. The second-order valence-electron chi connectivity index (χ2n) is 7.07. The summed E-state index contributed by atoms with van der Waals surface area (Å²) in [6.45, 7) is 4.55. The smallest absolute Gasteiger partial charge is 0.328 e. The summed E-state index contributed by atoms with van der Waals surface area (Å²) in [5, 5.41) is 0. The number of benzene rings is 1. The van der Waals surface area contributed by atoms with Gasteiger partial charge in [-0.05, 0) is 30.1 Å². The highest BCUT2D eigenvalue weighted by molar-refractivity contribution is 7.09. The van der Waals surface area contributed by atoms with Crippen molar-refractivity contribution in [1.82, 2.24) is 18.8 Å². The minimum absolute atomic E-state index is 0.143. The van der Waals surface area contributed by atoms with Gasteiger partial charge in [0.05, 0.1) is 18.3 Å². The van der Waals surface area contributed by atoms with Crippen molar-refractivity contribution in [3.8, 4) is 5.75 Å². The van der Waals surface area contributed by atoms with E-state index < -0.39 is 11.2 Å². The number of anilines is 1. The molecule has 30 heavy (non-hydrogen) atoms. The van der Waals surface area contributed by atoms with Crippen molar-refractivity contribution in [3.63, 3.8) is 0 Å². The number of aromatic nitrogens is 3. The summed E-state index contributed by atoms with van der Waals surface area (Å²) in [6, 6.07) is 7.80. The van der Waals surface area contributed by atoms with Crippen molar-refractivity contribution in [2.45, 2.75) is 19.9 Å². The van der Waals surface area contributed by atoms with Gasteiger partial charge in [-0.3, -0.25) is 14.2 Å². The molecule has 3 aromatic rings. The first-order chi connectivity index (χ1) is 14.5. The molecule has 0 saturated carbocycles. The number of aromatic amines is 1. The number of methoxy groups -OCH3 is 1. The first kappa shape index (κ1) is 20.1. The number of amides is 1. The van der Waals surface area contributed by atoms with Gasteiger partial charge in [-0.15, -0.1) is 0 Å². The van der Waals surface area contributed by atoms with Gasteiger partial charge >= 0.3 is 5.69 Å². The number of carbonyl (C=O) groups excluding carboxylic acids is 1. The number of nitrogens with one attached hydrogen (secondary N) is 1. The van der Waals surface area contributed by atoms with Crippen LogP contribution in [0.1, 0.15) is 23.0 Å². The Balaban J connectivity index is 1.56. The molecule has 1 aliphatic rings. The minimum Gasteiger partial charge on any atom is -0.495 e. The number of para-hydroxylation sites is 2. The molecular formula is C20H23N5O4S. The van der Waals surface area contributed by atoms with Crippen LogP contribution < -0.4 is 20.9 Å². The Morgan fingerprint density at radius 3 is 2.63 bits per heavy atom. The summed E-state index contributed by atoms with van der Waals surface area (Å²) < 4.78 is 10.7. The van der Waals surface area contributed by atoms with Gasteiger partial charge in [0.25, 0.3) is 11.5 Å². The number of rotatable bonds is 5. The van der Waals surface area contributed by atoms with Gasteiger partial charge in [-0.2, -0.15) is 4.37 Å². The lowest BCUT2D eigenvalue weighted by atomic mass is 10.2. The molecule has 9 nitrogen and oxygen atoms in total. The van der Waals surface area contributed by atoms with Crippen LogP contribution in [-0.2, 0) is 6.54 Å². The van der Waals surface area contributed by atoms with Gasteiger partial charge in [-0.25, -0.2) is 4.79 Å². The maximum absolute atomic E-state index is 13.1. The largest absolute Gasteiger partial charge is 0.495 e. The van der Waals surface area contributed by atoms with Crippen molar-refractivity contribution in [2.75, 3.05) is 38.2 Å². The monoisotopic (exact) mass is 429 g/mol. The Kier molecular flexibility index (Phi) is 5.58. The van der Waals surface area contributed by atoms with Crippen LogP contribution in [0.2, 0.25) is 0 Å². The SMILES string of the molecule is CCCn1c(=O)[nH]c2c(C(=O)N3CCN(c4ccccc4OC)CC3)snc2c1=O. The molecule has 1 aliphatic heterocycles. The maximum atomic E-state index is 13.1. The molecule has 3 heterocycles. The molecule has 1 N–H and O–H groups in total. The molecule has 4 rings (SSSR count). The number of ether oxygens (including phenoxy) is 1. The van der Waals surface area contributed by atoms with E-state index in [4.69, 9.17) is 4.74 Å². The molecule has 0 unspecified atom stereocenters. The van der Waals surface area contributed by atoms with E-state index in [1.54, 1.807) is 12.0 Å². The van der Waals surface area contributed by atoms with Gasteiger partial charge < -0.3 is 19.5 Å². The lowest BCUT2D eigenvalue weighted by Gasteiger charge is -2.36. The van der Waals surface area contributed by atoms with E-state index in [1.807, 2.05) is 31.2 Å². The van der Waals surface area contributed by atoms with Gasteiger partial charge in [-0.1, -0.05) is 19.1 Å². The van der Waals surface area contributed by atoms with Crippen LogP contribution in [0.3, 0.4) is 0 Å². The lowest BCUT2D eigenvalue weighted by molar-refractivity contribution is 0.0753. The fourth-order valence-electron chi connectivity index (χ4n) is 3.70. The topological polar surface area (TPSA) is 101 Å². The number of fused-ring (bicyclic) bond motifs is 1. The van der Waals surface area contributed by atoms with E-state index in [0.717, 1.165) is 27.5 Å². The van der Waals surface area contributed by atoms with Crippen LogP contribution in [0.15, 0.2) is 33.9 Å². The molecule has 1 amide bonds. The molecule has 2 aromatic heterocycles. The van der Waals surface area contributed by atoms with E-state index in [9.17, 15) is 14.4 Å². The number of carbonyl (C=O) groups is 1. The first-order valence-corrected chi connectivity index (χ1v) is 10.6. The molecule has 0 atom stereocenters. The van der Waals surface area contributed by atoms with Crippen LogP contribution in [-0.4, -0.2) is 58.0 Å². The van der Waals surface area contributed by atoms with Crippen LogP contribution >= 0.6 is 11.5 Å². The highest BCUT2D eigenvalue weighted by Gasteiger charge is 2.27. The Labute approximate surface area is 176 Å². The third kappa shape index (κ3) is 3.47. The first-order valence-electron chi connectivity index (χ1n) is 9.85. The molecule has 0 bridgehead atoms. The van der Waals surface area contributed by atoms with Crippen molar-refractivity contribution < 1.29 is 9.53 Å². The average Bonchev–Trinajstić information content (AvgIpc) is 3.20. The van der Waals surface area contributed by atoms with E-state index in [-0.39, 0.29) is 16.9 Å². The van der Waals surface area contributed by atoms with Crippen LogP contribution in [0.4, 0.5) is 5.69 Å². The van der Waals surface area contributed by atoms with Crippen LogP contribution in [0, 0.1) is 0 Å². The standard InChI is InChI=1S/C20H23N5O4S/c1-3-8-25-18(26)16-15(21-20(25)28)17(30-22-16)19(27)24-11-9-23(10-12-24)13-6-4-5-7-14(13)29-2/h4-7H,3,8-12H2,1-2H3,(H,21,28). The zero-order valence-corrected chi connectivity index (χ0v) is 17.7. The molecule has 158 valence electrons. The third-order valence-corrected chi connectivity index (χ3v) is 6.09. The van der Waals surface area contributed by atoms with Crippen molar-refractivity contribution in [2.24, 2.45) is 0 Å². The molecule has 10 heteroatoms. The molecular weight excluding hydrogens is 406 g/mol. The third-order valence-electron chi connectivity index (χ3n) is 5.25. The van der Waals surface area contributed by atoms with E-state index >= 15 is 0 Å². The zero-order chi connectivity index (χ0) is 21.3. The predicted molar refractivity (Wildman–Crippen MR) is 116 cm³/mol. The van der Waals surface area contributed by atoms with Gasteiger partial charge in [0.1, 0.15) is 10.6 Å². The van der Waals surface area contributed by atoms with Gasteiger partial charge in [0.15, 0.2) is 5.52 Å². The average molecular weight is 430 g/mol. The van der Waals surface area contributed by atoms with E-state index in [2.05, 4.69) is 14.3 Å². The highest BCUT2D eigenvalue weighted by Crippen LogP contribution is 2.29. The fourth-order valence-corrected chi connectivity index (χ4v) is 4.50. The normalized spacial score (nSPS) is 14.3. The molecule has 0 aliphatic carbocycles. The number of hydrogen-bond acceptors (Lipinski definition) is 7. The number of H-pyrrole nitrogens is 1. The van der Waals surface area contributed by atoms with Crippen molar-refractivity contribution in [1.29, 1.82) is 0 Å². The van der Waals surface area contributed by atoms with E-state index in [1.165, 1.54) is 0 Å². The molecule has 1 aromatic carbocycles. The highest BCUT2D eigenvalue weighted by atomic mass is 32.1. The lowest BCUT2D eigenvalue weighted by Crippen LogP contribution is -2.48. The van der Waals surface area contributed by atoms with Gasteiger partial charge in [0.2, 0.25) is 0 Å². The van der Waals surface area contributed by atoms with Crippen LogP contribution in [0.25, 0.3) is 11.0 Å². The molecule has 1 fully saturated rings. The summed E-state index contributed by atoms with van der Waals surface area (Å²) in [7, 11) is 1.64. The predicted octanol–water partition coefficient (Wildman–Crippen LogP) is 1.53. The number of hydrogen-bond donors (Lipinski definition) is 1. The summed E-state index contributed by atoms with van der Waals surface area (Å²) >= 11 is 0.959. The van der Waals surface area contributed by atoms with Gasteiger partial charge in [0, 0.05) is 32.7 Å². The fraction of sp³-hybridized carbons (Fsp3) is 0.400. The van der Waals surface area contributed by atoms with Crippen molar-refractivity contribution >= 4 is 34.2 Å². The Bertz CT molecular complexity index is 1190. The Morgan fingerprint density at radius 2 is 1.93 bits per heavy atom. The number of piperazine rings is 1. The van der Waals surface area contributed by atoms with Crippen molar-refractivity contribution in [3.05, 3.63) is 50.0 Å². The summed E-state index contributed by atoms with van der Waals surface area (Å²) in [5.74, 6) is 0.581. The number of nitrogens with zero attached hydrogens (tertiary/aromatic N) is 4. The minimum atomic E-state index is -0.510. The van der Waals surface area contributed by atoms with Crippen LogP contribution in [0.5, 0.6) is 5.75 Å². The summed E-state index contributed by atoms with van der Waals surface area (Å²) in [6.07, 6.45) is 0.654. The molecule has 0 spiro atoms. The summed E-state index contributed by atoms with van der Waals surface area (Å²) in [4.78, 5) is 44.8. The summed E-state index contributed by atoms with van der Waals surface area (Å²) in [5.41, 5.74) is 0.413. The second-order valence-corrected chi connectivity index (χ2v) is 7.85. The second kappa shape index (κ2) is 8.31.